The predicted molar refractivity (Wildman–Crippen MR) is 88.3 cm³/mol. The second-order valence-corrected chi connectivity index (χ2v) is 5.12. The lowest BCUT2D eigenvalue weighted by molar-refractivity contribution is -0.123. The summed E-state index contributed by atoms with van der Waals surface area (Å²) in [5.41, 5.74) is 0.917. The van der Waals surface area contributed by atoms with Crippen LogP contribution in [0.25, 0.3) is 0 Å². The van der Waals surface area contributed by atoms with E-state index in [1.54, 1.807) is 30.3 Å². The van der Waals surface area contributed by atoms with Gasteiger partial charge in [-0.1, -0.05) is 29.8 Å². The predicted octanol–water partition coefficient (Wildman–Crippen LogP) is 3.05. The Morgan fingerprint density at radius 1 is 1.09 bits per heavy atom. The standard InChI is InChI=1S/C17H18ClNO4/c1-21-14-7-4-8-15(22-2)17(14)23-11-16(20)19-10-12-5-3-6-13(18)9-12/h3-9H,10-11H2,1-2H3,(H,19,20). The molecule has 0 fully saturated rings. The number of carbonyl (C=O) groups excluding carboxylic acids is 1. The van der Waals surface area contributed by atoms with Gasteiger partial charge in [-0.3, -0.25) is 4.79 Å². The number of rotatable bonds is 7. The van der Waals surface area contributed by atoms with Gasteiger partial charge in [-0.15, -0.1) is 0 Å². The molecule has 5 nitrogen and oxygen atoms in total. The first-order valence-corrected chi connectivity index (χ1v) is 7.36. The van der Waals surface area contributed by atoms with Gasteiger partial charge >= 0.3 is 0 Å². The van der Waals surface area contributed by atoms with Crippen LogP contribution in [-0.4, -0.2) is 26.7 Å². The topological polar surface area (TPSA) is 56.8 Å². The summed E-state index contributed by atoms with van der Waals surface area (Å²) >= 11 is 5.90. The molecule has 0 heterocycles. The summed E-state index contributed by atoms with van der Waals surface area (Å²) in [6.07, 6.45) is 0. The molecule has 2 aromatic carbocycles. The van der Waals surface area contributed by atoms with Crippen molar-refractivity contribution in [2.24, 2.45) is 0 Å². The van der Waals surface area contributed by atoms with E-state index in [1.807, 2.05) is 12.1 Å². The number of carbonyl (C=O) groups is 1. The SMILES string of the molecule is COc1cccc(OC)c1OCC(=O)NCc1cccc(Cl)c1. The maximum absolute atomic E-state index is 11.9. The average Bonchev–Trinajstić information content (AvgIpc) is 2.57. The minimum Gasteiger partial charge on any atom is -0.493 e. The highest BCUT2D eigenvalue weighted by Crippen LogP contribution is 2.36. The minimum absolute atomic E-state index is 0.142. The molecule has 0 saturated carbocycles. The molecule has 1 N–H and O–H groups in total. The number of ether oxygens (including phenoxy) is 3. The van der Waals surface area contributed by atoms with Crippen LogP contribution in [0.5, 0.6) is 17.2 Å². The van der Waals surface area contributed by atoms with Crippen LogP contribution in [0.15, 0.2) is 42.5 Å². The molecule has 1 amide bonds. The van der Waals surface area contributed by atoms with Gasteiger partial charge in [0.05, 0.1) is 14.2 Å². The van der Waals surface area contributed by atoms with Crippen molar-refractivity contribution in [3.05, 3.63) is 53.1 Å². The number of amides is 1. The Morgan fingerprint density at radius 3 is 2.35 bits per heavy atom. The van der Waals surface area contributed by atoms with Crippen molar-refractivity contribution in [3.63, 3.8) is 0 Å². The first-order chi connectivity index (χ1) is 11.1. The largest absolute Gasteiger partial charge is 0.493 e. The Kier molecular flexibility index (Phi) is 6.11. The van der Waals surface area contributed by atoms with Gasteiger partial charge in [0.15, 0.2) is 18.1 Å². The van der Waals surface area contributed by atoms with Gasteiger partial charge in [0.1, 0.15) is 0 Å². The van der Waals surface area contributed by atoms with Gasteiger partial charge in [0.25, 0.3) is 5.91 Å². The summed E-state index contributed by atoms with van der Waals surface area (Å²) < 4.78 is 16.0. The molecule has 0 aliphatic carbocycles. The average molecular weight is 336 g/mol. The molecule has 0 bridgehead atoms. The lowest BCUT2D eigenvalue weighted by atomic mass is 10.2. The van der Waals surface area contributed by atoms with E-state index in [2.05, 4.69) is 5.32 Å². The molecule has 0 saturated heterocycles. The third-order valence-electron chi connectivity index (χ3n) is 3.11. The second kappa shape index (κ2) is 8.29. The summed E-state index contributed by atoms with van der Waals surface area (Å²) in [5, 5.41) is 3.40. The van der Waals surface area contributed by atoms with Crippen LogP contribution in [-0.2, 0) is 11.3 Å². The number of nitrogens with one attached hydrogen (secondary N) is 1. The molecular formula is C17H18ClNO4. The van der Waals surface area contributed by atoms with Crippen molar-refractivity contribution in [2.45, 2.75) is 6.54 Å². The van der Waals surface area contributed by atoms with Crippen molar-refractivity contribution in [1.29, 1.82) is 0 Å². The van der Waals surface area contributed by atoms with Crippen LogP contribution in [0.3, 0.4) is 0 Å². The van der Waals surface area contributed by atoms with E-state index in [-0.39, 0.29) is 12.5 Å². The molecule has 0 spiro atoms. The number of hydrogen-bond acceptors (Lipinski definition) is 4. The molecule has 0 unspecified atom stereocenters. The zero-order valence-corrected chi connectivity index (χ0v) is 13.7. The first-order valence-electron chi connectivity index (χ1n) is 6.99. The number of halogens is 1. The van der Waals surface area contributed by atoms with E-state index in [0.717, 1.165) is 5.56 Å². The van der Waals surface area contributed by atoms with Crippen molar-refractivity contribution in [3.8, 4) is 17.2 Å². The van der Waals surface area contributed by atoms with Crippen molar-refractivity contribution < 1.29 is 19.0 Å². The van der Waals surface area contributed by atoms with Crippen molar-refractivity contribution in [1.82, 2.24) is 5.32 Å². The molecule has 0 aromatic heterocycles. The number of benzene rings is 2. The zero-order valence-electron chi connectivity index (χ0n) is 13.0. The first kappa shape index (κ1) is 17.0. The molecule has 0 atom stereocenters. The Morgan fingerprint density at radius 2 is 1.74 bits per heavy atom. The number of hydrogen-bond donors (Lipinski definition) is 1. The van der Waals surface area contributed by atoms with Crippen molar-refractivity contribution in [2.75, 3.05) is 20.8 Å². The van der Waals surface area contributed by atoms with Gasteiger partial charge < -0.3 is 19.5 Å². The highest BCUT2D eigenvalue weighted by Gasteiger charge is 2.13. The normalized spacial score (nSPS) is 10.0. The molecule has 122 valence electrons. The third-order valence-corrected chi connectivity index (χ3v) is 3.34. The van der Waals surface area contributed by atoms with Crippen LogP contribution in [0.2, 0.25) is 5.02 Å². The fourth-order valence-electron chi connectivity index (χ4n) is 2.00. The van der Waals surface area contributed by atoms with Crippen LogP contribution >= 0.6 is 11.6 Å². The Hall–Kier alpha value is -2.40. The molecule has 0 aliphatic rings. The van der Waals surface area contributed by atoms with E-state index >= 15 is 0 Å². The molecule has 2 aromatic rings. The van der Waals surface area contributed by atoms with Crippen LogP contribution in [0.4, 0.5) is 0 Å². The lowest BCUT2D eigenvalue weighted by Gasteiger charge is -2.14. The summed E-state index contributed by atoms with van der Waals surface area (Å²) in [6, 6.07) is 12.6. The van der Waals surface area contributed by atoms with E-state index in [1.165, 1.54) is 14.2 Å². The highest BCUT2D eigenvalue weighted by atomic mass is 35.5. The number of para-hydroxylation sites is 1. The lowest BCUT2D eigenvalue weighted by Crippen LogP contribution is -2.28. The van der Waals surface area contributed by atoms with Gasteiger partial charge in [-0.25, -0.2) is 0 Å². The summed E-state index contributed by atoms with van der Waals surface area (Å²) in [5.74, 6) is 1.16. The maximum atomic E-state index is 11.9. The van der Waals surface area contributed by atoms with E-state index in [4.69, 9.17) is 25.8 Å². The Labute approximate surface area is 140 Å². The van der Waals surface area contributed by atoms with Gasteiger partial charge in [0, 0.05) is 11.6 Å². The van der Waals surface area contributed by atoms with Gasteiger partial charge in [-0.2, -0.15) is 0 Å². The molecular weight excluding hydrogens is 318 g/mol. The monoisotopic (exact) mass is 335 g/mol. The zero-order chi connectivity index (χ0) is 16.7. The highest BCUT2D eigenvalue weighted by molar-refractivity contribution is 6.30. The fourth-order valence-corrected chi connectivity index (χ4v) is 2.21. The number of methoxy groups -OCH3 is 2. The fraction of sp³-hybridized carbons (Fsp3) is 0.235. The summed E-state index contributed by atoms with van der Waals surface area (Å²) in [7, 11) is 3.06. The molecule has 2 rings (SSSR count). The Bertz CT molecular complexity index is 653. The maximum Gasteiger partial charge on any atom is 0.258 e. The van der Waals surface area contributed by atoms with Crippen LogP contribution < -0.4 is 19.5 Å². The molecule has 0 aliphatic heterocycles. The molecule has 0 radical (unpaired) electrons. The van der Waals surface area contributed by atoms with Gasteiger partial charge in [-0.05, 0) is 29.8 Å². The van der Waals surface area contributed by atoms with E-state index in [9.17, 15) is 4.79 Å². The van der Waals surface area contributed by atoms with E-state index < -0.39 is 0 Å². The minimum atomic E-state index is -0.252. The van der Waals surface area contributed by atoms with E-state index in [0.29, 0.717) is 28.8 Å². The van der Waals surface area contributed by atoms with Crippen molar-refractivity contribution >= 4 is 17.5 Å². The third kappa shape index (κ3) is 4.79. The summed E-state index contributed by atoms with van der Waals surface area (Å²) in [6.45, 7) is 0.239. The smallest absolute Gasteiger partial charge is 0.258 e. The Balaban J connectivity index is 1.92. The second-order valence-electron chi connectivity index (χ2n) is 4.69. The molecule has 23 heavy (non-hydrogen) atoms. The van der Waals surface area contributed by atoms with Crippen LogP contribution in [0.1, 0.15) is 5.56 Å². The summed E-state index contributed by atoms with van der Waals surface area (Å²) in [4.78, 5) is 11.9. The van der Waals surface area contributed by atoms with Crippen LogP contribution in [0, 0.1) is 0 Å². The molecule has 6 heteroatoms. The van der Waals surface area contributed by atoms with Gasteiger partial charge in [0.2, 0.25) is 5.75 Å². The quantitative estimate of drug-likeness (QED) is 0.845.